The zero-order valence-electron chi connectivity index (χ0n) is 18.2. The number of aromatic carboxylic acids is 1. The maximum atomic E-state index is 11.1. The van der Waals surface area contributed by atoms with Crippen molar-refractivity contribution in [2.45, 2.75) is 52.2 Å². The molecule has 30 heavy (non-hydrogen) atoms. The van der Waals surface area contributed by atoms with Gasteiger partial charge in [-0.3, -0.25) is 0 Å². The van der Waals surface area contributed by atoms with Crippen LogP contribution in [0.15, 0.2) is 48.5 Å². The molecule has 0 radical (unpaired) electrons. The lowest BCUT2D eigenvalue weighted by molar-refractivity contribution is -0.357. The molecule has 3 N–H and O–H groups in total. The van der Waals surface area contributed by atoms with E-state index in [4.69, 9.17) is 29.8 Å². The molecule has 0 bridgehead atoms. The molecule has 1 aliphatic rings. The fourth-order valence-electron chi connectivity index (χ4n) is 3.04. The summed E-state index contributed by atoms with van der Waals surface area (Å²) in [5.41, 5.74) is 6.93. The second-order valence-electron chi connectivity index (χ2n) is 7.13. The lowest BCUT2D eigenvalue weighted by Gasteiger charge is -2.47. The van der Waals surface area contributed by atoms with Crippen molar-refractivity contribution in [3.8, 4) is 11.5 Å². The van der Waals surface area contributed by atoms with Gasteiger partial charge in [0.1, 0.15) is 0 Å². The average Bonchev–Trinajstić information content (AvgIpc) is 2.70. The van der Waals surface area contributed by atoms with E-state index >= 15 is 0 Å². The highest BCUT2D eigenvalue weighted by Gasteiger charge is 2.55. The van der Waals surface area contributed by atoms with Crippen LogP contribution in [-0.2, 0) is 9.47 Å². The lowest BCUT2D eigenvalue weighted by Crippen LogP contribution is -2.63. The summed E-state index contributed by atoms with van der Waals surface area (Å²) in [7, 11) is 0. The van der Waals surface area contributed by atoms with Crippen LogP contribution < -0.4 is 15.2 Å². The van der Waals surface area contributed by atoms with Gasteiger partial charge in [0.2, 0.25) is 0 Å². The van der Waals surface area contributed by atoms with E-state index in [2.05, 4.69) is 0 Å². The molecular weight excluding hydrogens is 386 g/mol. The fraction of sp³-hybridized carbons (Fsp3) is 0.435. The monoisotopic (exact) mass is 417 g/mol. The van der Waals surface area contributed by atoms with Crippen LogP contribution in [-0.4, -0.2) is 35.9 Å². The highest BCUT2D eigenvalue weighted by Crippen LogP contribution is 2.45. The Kier molecular flexibility index (Phi) is 7.83. The Balaban J connectivity index is 0.000000297. The Hall–Kier alpha value is -2.61. The van der Waals surface area contributed by atoms with Gasteiger partial charge in [-0.2, -0.15) is 0 Å². The van der Waals surface area contributed by atoms with Crippen molar-refractivity contribution in [2.75, 3.05) is 13.2 Å². The largest absolute Gasteiger partial charge is 0.478 e. The number of rotatable bonds is 6. The molecule has 3 atom stereocenters. The molecule has 7 nitrogen and oxygen atoms in total. The minimum atomic E-state index is -1.18. The molecule has 7 heteroatoms. The Morgan fingerprint density at radius 1 is 1.00 bits per heavy atom. The molecule has 0 saturated heterocycles. The molecule has 1 heterocycles. The Bertz CT molecular complexity index is 841. The van der Waals surface area contributed by atoms with Crippen LogP contribution in [0.5, 0.6) is 11.5 Å². The fourth-order valence-corrected chi connectivity index (χ4v) is 3.04. The van der Waals surface area contributed by atoms with Crippen LogP contribution in [0.3, 0.4) is 0 Å². The minimum Gasteiger partial charge on any atom is -0.478 e. The molecule has 0 aliphatic carbocycles. The van der Waals surface area contributed by atoms with Gasteiger partial charge in [-0.05, 0) is 44.5 Å². The number of carboxylic acid groups (broad SMARTS) is 1. The molecule has 0 aromatic heterocycles. The van der Waals surface area contributed by atoms with Gasteiger partial charge in [-0.25, -0.2) is 4.79 Å². The maximum absolute atomic E-state index is 11.1. The van der Waals surface area contributed by atoms with Crippen LogP contribution in [0.2, 0.25) is 0 Å². The van der Waals surface area contributed by atoms with Gasteiger partial charge in [0.25, 0.3) is 11.6 Å². The Morgan fingerprint density at radius 2 is 1.53 bits per heavy atom. The van der Waals surface area contributed by atoms with E-state index in [0.29, 0.717) is 24.7 Å². The van der Waals surface area contributed by atoms with E-state index in [9.17, 15) is 4.79 Å². The molecular formula is C23H31NO6. The Labute approximate surface area is 177 Å². The lowest BCUT2D eigenvalue weighted by atomic mass is 10.1. The van der Waals surface area contributed by atoms with Crippen molar-refractivity contribution in [2.24, 2.45) is 5.73 Å². The van der Waals surface area contributed by atoms with Gasteiger partial charge in [-0.15, -0.1) is 0 Å². The Morgan fingerprint density at radius 3 is 1.97 bits per heavy atom. The molecule has 164 valence electrons. The molecule has 0 saturated carbocycles. The second-order valence-corrected chi connectivity index (χ2v) is 7.13. The minimum absolute atomic E-state index is 0.121. The zero-order valence-corrected chi connectivity index (χ0v) is 18.2. The van der Waals surface area contributed by atoms with Gasteiger partial charge >= 0.3 is 5.97 Å². The number of ether oxygens (including phenoxy) is 4. The van der Waals surface area contributed by atoms with E-state index in [-0.39, 0.29) is 11.6 Å². The summed E-state index contributed by atoms with van der Waals surface area (Å²) in [5, 5.41) is 9.05. The summed E-state index contributed by atoms with van der Waals surface area (Å²) in [6.07, 6.45) is 0. The molecule has 1 aliphatic heterocycles. The van der Waals surface area contributed by atoms with Crippen molar-refractivity contribution in [3.63, 3.8) is 0 Å². The third kappa shape index (κ3) is 5.30. The molecule has 2 unspecified atom stereocenters. The van der Waals surface area contributed by atoms with Crippen LogP contribution in [0.25, 0.3) is 0 Å². The van der Waals surface area contributed by atoms with Crippen molar-refractivity contribution in [3.05, 3.63) is 59.7 Å². The first kappa shape index (κ1) is 23.7. The van der Waals surface area contributed by atoms with Crippen molar-refractivity contribution >= 4 is 5.97 Å². The smallest absolute Gasteiger partial charge is 0.335 e. The first-order chi connectivity index (χ1) is 14.2. The van der Waals surface area contributed by atoms with Crippen LogP contribution in [0.4, 0.5) is 0 Å². The third-order valence-electron chi connectivity index (χ3n) is 4.79. The summed E-state index contributed by atoms with van der Waals surface area (Å²) < 4.78 is 23.1. The highest BCUT2D eigenvalue weighted by molar-refractivity contribution is 5.88. The zero-order chi connectivity index (χ0) is 22.4. The van der Waals surface area contributed by atoms with Crippen molar-refractivity contribution < 1.29 is 28.8 Å². The number of carboxylic acids is 1. The summed E-state index contributed by atoms with van der Waals surface area (Å²) in [6, 6.07) is 14.6. The summed E-state index contributed by atoms with van der Waals surface area (Å²) in [5.74, 6) is -2.59. The summed E-state index contributed by atoms with van der Waals surface area (Å²) in [6.45, 7) is 9.94. The van der Waals surface area contributed by atoms with E-state index < -0.39 is 17.5 Å². The highest BCUT2D eigenvalue weighted by atomic mass is 16.8. The van der Waals surface area contributed by atoms with Crippen LogP contribution in [0, 0.1) is 0 Å². The quantitative estimate of drug-likeness (QED) is 0.720. The first-order valence-corrected chi connectivity index (χ1v) is 9.99. The number of benzene rings is 2. The number of hydrogen-bond donors (Lipinski definition) is 2. The summed E-state index contributed by atoms with van der Waals surface area (Å²) >= 11 is 0. The molecule has 0 fully saturated rings. The molecule has 2 aromatic carbocycles. The van der Waals surface area contributed by atoms with E-state index in [1.54, 1.807) is 19.9 Å². The molecule has 0 spiro atoms. The standard InChI is InChI=1S/C15H20O6.C8H11N/c1-5-18-14(3)15(4,19-6-2)21-12-9-10(13(16)17)7-8-11(12)20-14;1-7(9)8-5-3-2-4-6-8/h7-9H,5-6H2,1-4H3,(H,16,17);2-7H,9H2,1H3/t;7-/m.0/s1. The SMILES string of the molecule is CCOC1(C)Oc2ccc(C(=O)O)cc2OC1(C)OCC.C[C@H](N)c1ccccc1. The van der Waals surface area contributed by atoms with E-state index in [1.165, 1.54) is 17.7 Å². The maximum Gasteiger partial charge on any atom is 0.335 e. The van der Waals surface area contributed by atoms with Crippen molar-refractivity contribution in [1.29, 1.82) is 0 Å². The number of carbonyl (C=O) groups is 1. The van der Waals surface area contributed by atoms with Gasteiger partial charge in [-0.1, -0.05) is 30.3 Å². The predicted octanol–water partition coefficient (Wildman–Crippen LogP) is 4.37. The van der Waals surface area contributed by atoms with Gasteiger partial charge in [0, 0.05) is 33.1 Å². The van der Waals surface area contributed by atoms with Crippen molar-refractivity contribution in [1.82, 2.24) is 0 Å². The first-order valence-electron chi connectivity index (χ1n) is 9.99. The van der Waals surface area contributed by atoms with E-state index in [0.717, 1.165) is 0 Å². The number of nitrogens with two attached hydrogens (primary N) is 1. The molecule has 0 amide bonds. The predicted molar refractivity (Wildman–Crippen MR) is 114 cm³/mol. The second kappa shape index (κ2) is 9.93. The molecule has 2 aromatic rings. The van der Waals surface area contributed by atoms with Gasteiger partial charge in [0.15, 0.2) is 11.5 Å². The topological polar surface area (TPSA) is 100 Å². The van der Waals surface area contributed by atoms with Crippen LogP contribution in [0.1, 0.15) is 56.6 Å². The van der Waals surface area contributed by atoms with Gasteiger partial charge in [0.05, 0.1) is 5.56 Å². The molecule has 3 rings (SSSR count). The van der Waals surface area contributed by atoms with Gasteiger partial charge < -0.3 is 29.8 Å². The normalized spacial score (nSPS) is 23.1. The van der Waals surface area contributed by atoms with Crippen LogP contribution >= 0.6 is 0 Å². The average molecular weight is 418 g/mol. The number of hydrogen-bond acceptors (Lipinski definition) is 6. The summed E-state index contributed by atoms with van der Waals surface area (Å²) in [4.78, 5) is 11.1. The van der Waals surface area contributed by atoms with E-state index in [1.807, 2.05) is 51.1 Å². The number of fused-ring (bicyclic) bond motifs is 1. The third-order valence-corrected chi connectivity index (χ3v) is 4.79.